The topological polar surface area (TPSA) is 163 Å². The number of carbonyl (C=O) groups is 1. The average Bonchev–Trinajstić information content (AvgIpc) is 3.06. The molecule has 1 aromatic heterocycles. The number of nitrogens with zero attached hydrogens (tertiary/aromatic N) is 4. The molecule has 2 aromatic rings. The van der Waals surface area contributed by atoms with Crippen molar-refractivity contribution in [1.82, 2.24) is 31.1 Å². The number of hydrogen-bond donors (Lipinski definition) is 5. The molecule has 0 saturated carbocycles. The van der Waals surface area contributed by atoms with Gasteiger partial charge in [-0.05, 0) is 16.8 Å². The van der Waals surface area contributed by atoms with Crippen molar-refractivity contribution < 1.29 is 18.0 Å². The second kappa shape index (κ2) is 8.76. The van der Waals surface area contributed by atoms with Gasteiger partial charge in [0.1, 0.15) is 0 Å². The number of hydrogen-bond acceptors (Lipinski definition) is 7. The monoisotopic (exact) mass is 347 g/mol. The molecule has 0 fully saturated rings. The van der Waals surface area contributed by atoms with Crippen LogP contribution in [0.15, 0.2) is 30.6 Å². The Balaban J connectivity index is 0.000000413. The van der Waals surface area contributed by atoms with Crippen molar-refractivity contribution in [2.24, 2.45) is 17.4 Å². The molecular weight excluding hydrogens is 331 g/mol. The fourth-order valence-corrected chi connectivity index (χ4v) is 1.67. The Hall–Kier alpha value is -2.77. The lowest BCUT2D eigenvalue weighted by Gasteiger charge is -2.17. The first-order valence-corrected chi connectivity index (χ1v) is 6.39. The molecular formula is C11H16F3N9O. The summed E-state index contributed by atoms with van der Waals surface area (Å²) in [6, 6.07) is 3.74. The number of hydrazine groups is 2. The average molecular weight is 347 g/mol. The third-order valence-corrected chi connectivity index (χ3v) is 2.68. The van der Waals surface area contributed by atoms with Crippen molar-refractivity contribution in [3.63, 3.8) is 0 Å². The van der Waals surface area contributed by atoms with Crippen molar-refractivity contribution in [1.29, 1.82) is 0 Å². The van der Waals surface area contributed by atoms with E-state index in [1.807, 2.05) is 0 Å². The Kier molecular flexibility index (Phi) is 7.03. The van der Waals surface area contributed by atoms with E-state index in [0.29, 0.717) is 0 Å². The van der Waals surface area contributed by atoms with Crippen LogP contribution in [0.4, 0.5) is 18.0 Å². The van der Waals surface area contributed by atoms with Crippen molar-refractivity contribution >= 4 is 6.03 Å². The number of carbonyl (C=O) groups excluding carboxylic acids is 1. The van der Waals surface area contributed by atoms with Gasteiger partial charge in [-0.25, -0.2) is 16.5 Å². The summed E-state index contributed by atoms with van der Waals surface area (Å²) in [5.74, 6) is 9.08. The number of tetrazole rings is 1. The molecule has 13 heteroatoms. The molecule has 0 aliphatic carbocycles. The zero-order valence-electron chi connectivity index (χ0n) is 12.2. The predicted molar refractivity (Wildman–Crippen MR) is 76.2 cm³/mol. The van der Waals surface area contributed by atoms with Gasteiger partial charge in [-0.3, -0.25) is 10.9 Å². The molecule has 0 aliphatic heterocycles. The summed E-state index contributed by atoms with van der Waals surface area (Å²) < 4.78 is 38.3. The molecule has 8 N–H and O–H groups in total. The van der Waals surface area contributed by atoms with E-state index in [2.05, 4.69) is 27.1 Å². The summed E-state index contributed by atoms with van der Waals surface area (Å²) in [6.07, 6.45) is -3.23. The van der Waals surface area contributed by atoms with Crippen LogP contribution in [0.25, 0.3) is 0 Å². The van der Waals surface area contributed by atoms with Gasteiger partial charge in [0.25, 0.3) is 0 Å². The van der Waals surface area contributed by atoms with Crippen LogP contribution in [-0.4, -0.2) is 26.2 Å². The fraction of sp³-hybridized carbons (Fsp3) is 0.273. The van der Waals surface area contributed by atoms with Gasteiger partial charge in [0.15, 0.2) is 6.33 Å². The molecule has 0 aliphatic rings. The van der Waals surface area contributed by atoms with Crippen LogP contribution >= 0.6 is 0 Å². The first-order chi connectivity index (χ1) is 11.3. The molecule has 0 spiro atoms. The molecule has 0 unspecified atom stereocenters. The van der Waals surface area contributed by atoms with Gasteiger partial charge in [-0.1, -0.05) is 18.2 Å². The van der Waals surface area contributed by atoms with Gasteiger partial charge >= 0.3 is 12.2 Å². The number of benzene rings is 1. The molecule has 24 heavy (non-hydrogen) atoms. The summed E-state index contributed by atoms with van der Waals surface area (Å²) in [4.78, 5) is 10.9. The summed E-state index contributed by atoms with van der Waals surface area (Å²) >= 11 is 0. The number of rotatable bonds is 3. The second-order valence-corrected chi connectivity index (χ2v) is 4.30. The number of urea groups is 1. The lowest BCUT2D eigenvalue weighted by atomic mass is 10.0. The molecule has 1 aromatic carbocycles. The Labute approximate surface area is 134 Å². The highest BCUT2D eigenvalue weighted by Crippen LogP contribution is 2.34. The van der Waals surface area contributed by atoms with Gasteiger partial charge in [-0.2, -0.15) is 18.0 Å². The van der Waals surface area contributed by atoms with Crippen LogP contribution < -0.4 is 28.3 Å². The van der Waals surface area contributed by atoms with Crippen LogP contribution in [0.2, 0.25) is 0 Å². The zero-order chi connectivity index (χ0) is 18.2. The Morgan fingerprint density at radius 2 is 1.88 bits per heavy atom. The van der Waals surface area contributed by atoms with Gasteiger partial charge in [-0.15, -0.1) is 10.2 Å². The van der Waals surface area contributed by atoms with E-state index < -0.39 is 23.8 Å². The van der Waals surface area contributed by atoms with E-state index in [9.17, 15) is 18.0 Å². The highest BCUT2D eigenvalue weighted by atomic mass is 19.4. The van der Waals surface area contributed by atoms with Crippen LogP contribution in [-0.2, 0) is 12.7 Å². The van der Waals surface area contributed by atoms with E-state index in [-0.39, 0.29) is 12.1 Å². The molecule has 1 atom stereocenters. The Morgan fingerprint density at radius 1 is 1.25 bits per heavy atom. The maximum atomic E-state index is 12.8. The van der Waals surface area contributed by atoms with E-state index in [1.165, 1.54) is 24.5 Å². The fourth-order valence-electron chi connectivity index (χ4n) is 1.67. The number of halogens is 3. The van der Waals surface area contributed by atoms with Gasteiger partial charge in [0.05, 0.1) is 18.2 Å². The predicted octanol–water partition coefficient (Wildman–Crippen LogP) is -0.575. The largest absolute Gasteiger partial charge is 0.416 e. The van der Waals surface area contributed by atoms with Crippen LogP contribution in [0.5, 0.6) is 0 Å². The summed E-state index contributed by atoms with van der Waals surface area (Å²) in [7, 11) is 0. The Bertz CT molecular complexity index is 626. The van der Waals surface area contributed by atoms with Gasteiger partial charge in [0, 0.05) is 0 Å². The number of aromatic nitrogens is 4. The molecule has 10 nitrogen and oxygen atoms in total. The number of amides is 2. The Morgan fingerprint density at radius 3 is 2.33 bits per heavy atom. The minimum absolute atomic E-state index is 0.0160. The third kappa shape index (κ3) is 5.79. The molecule has 0 radical (unpaired) electrons. The summed E-state index contributed by atoms with van der Waals surface area (Å²) in [6.45, 7) is 0.0348. The van der Waals surface area contributed by atoms with E-state index in [1.54, 1.807) is 10.9 Å². The van der Waals surface area contributed by atoms with Crippen molar-refractivity contribution in [2.75, 3.05) is 0 Å². The number of alkyl halides is 3. The zero-order valence-corrected chi connectivity index (χ0v) is 12.2. The summed E-state index contributed by atoms with van der Waals surface area (Å²) in [5.41, 5.74) is 8.51. The normalized spacial score (nSPS) is 11.9. The number of nitrogens with two attached hydrogens (primary N) is 3. The SMILES string of the molecule is NNC(=O)NN.N[C@@H](Cn1ncnn1)c1ccccc1C(F)(F)F. The lowest BCUT2D eigenvalue weighted by molar-refractivity contribution is -0.138. The highest BCUT2D eigenvalue weighted by Gasteiger charge is 2.34. The van der Waals surface area contributed by atoms with Crippen LogP contribution in [0.1, 0.15) is 17.2 Å². The molecule has 2 amide bonds. The van der Waals surface area contributed by atoms with E-state index >= 15 is 0 Å². The smallest absolute Gasteiger partial charge is 0.322 e. The van der Waals surface area contributed by atoms with E-state index in [0.717, 1.165) is 10.9 Å². The minimum atomic E-state index is -4.43. The standard InChI is InChI=1S/C10H10F3N5.CH6N4O/c11-10(12,13)8-4-2-1-3-7(8)9(14)5-18-16-6-15-17-18;2-4-1(6)5-3/h1-4,6,9H,5,14H2;2-3H2,(H2,4,5,6)/t9-;/m0./s1. The maximum absolute atomic E-state index is 12.8. The molecule has 0 bridgehead atoms. The van der Waals surface area contributed by atoms with E-state index in [4.69, 9.17) is 5.73 Å². The third-order valence-electron chi connectivity index (χ3n) is 2.68. The molecule has 132 valence electrons. The minimum Gasteiger partial charge on any atom is -0.322 e. The molecule has 1 heterocycles. The first-order valence-electron chi connectivity index (χ1n) is 6.39. The highest BCUT2D eigenvalue weighted by molar-refractivity contribution is 5.72. The van der Waals surface area contributed by atoms with Crippen LogP contribution in [0, 0.1) is 0 Å². The van der Waals surface area contributed by atoms with Crippen molar-refractivity contribution in [2.45, 2.75) is 18.8 Å². The lowest BCUT2D eigenvalue weighted by Crippen LogP contribution is -2.43. The van der Waals surface area contributed by atoms with Crippen molar-refractivity contribution in [3.05, 3.63) is 41.7 Å². The maximum Gasteiger partial charge on any atom is 0.416 e. The van der Waals surface area contributed by atoms with Gasteiger partial charge in [0.2, 0.25) is 0 Å². The number of nitrogens with one attached hydrogen (secondary N) is 2. The van der Waals surface area contributed by atoms with Crippen molar-refractivity contribution in [3.8, 4) is 0 Å². The quantitative estimate of drug-likeness (QED) is 0.282. The summed E-state index contributed by atoms with van der Waals surface area (Å²) in [5, 5.41) is 10.7. The van der Waals surface area contributed by atoms with Crippen LogP contribution in [0.3, 0.4) is 0 Å². The van der Waals surface area contributed by atoms with Gasteiger partial charge < -0.3 is 5.73 Å². The molecule has 2 rings (SSSR count). The first kappa shape index (κ1) is 19.3. The second-order valence-electron chi connectivity index (χ2n) is 4.30. The molecule has 0 saturated heterocycles.